The summed E-state index contributed by atoms with van der Waals surface area (Å²) in [6.07, 6.45) is 0. The zero-order valence-electron chi connectivity index (χ0n) is 19.7. The van der Waals surface area contributed by atoms with Gasteiger partial charge in [0.25, 0.3) is 0 Å². The minimum Gasteiger partial charge on any atom is -0.497 e. The lowest BCUT2D eigenvalue weighted by atomic mass is 10.2. The molecule has 0 unspecified atom stereocenters. The van der Waals surface area contributed by atoms with E-state index in [0.29, 0.717) is 21.3 Å². The molecule has 7 nitrogen and oxygen atoms in total. The maximum absolute atomic E-state index is 12.7. The molecule has 0 aliphatic carbocycles. The number of imidazole rings is 1. The molecule has 0 aliphatic heterocycles. The molecule has 6 aromatic rings. The number of methoxy groups -OCH3 is 1. The van der Waals surface area contributed by atoms with Gasteiger partial charge in [0.1, 0.15) is 10.4 Å². The SMILES string of the molecule is COc1cccc(-n2c(=S)sc3c2nc(SCC(=O)NCc2ccccc2)n2c4ccccc4nc32)c1. The van der Waals surface area contributed by atoms with Crippen LogP contribution in [0.25, 0.3) is 32.7 Å². The highest BCUT2D eigenvalue weighted by Gasteiger charge is 2.20. The van der Waals surface area contributed by atoms with Crippen molar-refractivity contribution in [1.29, 1.82) is 0 Å². The van der Waals surface area contributed by atoms with E-state index in [1.165, 1.54) is 23.1 Å². The Balaban J connectivity index is 1.44. The molecule has 3 aromatic carbocycles. The number of ether oxygens (including phenoxy) is 1. The van der Waals surface area contributed by atoms with Crippen LogP contribution in [0.5, 0.6) is 5.75 Å². The van der Waals surface area contributed by atoms with E-state index in [1.54, 1.807) is 7.11 Å². The summed E-state index contributed by atoms with van der Waals surface area (Å²) >= 11 is 8.64. The quantitative estimate of drug-likeness (QED) is 0.150. The fourth-order valence-electron chi connectivity index (χ4n) is 4.18. The van der Waals surface area contributed by atoms with E-state index < -0.39 is 0 Å². The van der Waals surface area contributed by atoms with Crippen LogP contribution in [0.4, 0.5) is 0 Å². The highest BCUT2D eigenvalue weighted by Crippen LogP contribution is 2.34. The van der Waals surface area contributed by atoms with Gasteiger partial charge in [-0.1, -0.05) is 71.6 Å². The molecule has 37 heavy (non-hydrogen) atoms. The number of carbonyl (C=O) groups excluding carboxylic acids is 1. The van der Waals surface area contributed by atoms with E-state index in [1.807, 2.05) is 87.8 Å². The van der Waals surface area contributed by atoms with Gasteiger partial charge in [0, 0.05) is 12.6 Å². The van der Waals surface area contributed by atoms with Gasteiger partial charge in [0.2, 0.25) is 5.91 Å². The Kier molecular flexibility index (Phi) is 6.37. The van der Waals surface area contributed by atoms with E-state index >= 15 is 0 Å². The second-order valence-electron chi connectivity index (χ2n) is 8.26. The van der Waals surface area contributed by atoms with E-state index in [-0.39, 0.29) is 11.7 Å². The molecule has 6 rings (SSSR count). The maximum Gasteiger partial charge on any atom is 0.230 e. The van der Waals surface area contributed by atoms with Gasteiger partial charge in [-0.25, -0.2) is 9.97 Å². The largest absolute Gasteiger partial charge is 0.497 e. The summed E-state index contributed by atoms with van der Waals surface area (Å²) in [4.78, 5) is 22.7. The molecule has 1 amide bonds. The summed E-state index contributed by atoms with van der Waals surface area (Å²) in [5.74, 6) is 0.885. The predicted molar refractivity (Wildman–Crippen MR) is 152 cm³/mol. The third-order valence-electron chi connectivity index (χ3n) is 5.92. The summed E-state index contributed by atoms with van der Waals surface area (Å²) in [6.45, 7) is 0.482. The van der Waals surface area contributed by atoms with Crippen molar-refractivity contribution in [2.45, 2.75) is 11.7 Å². The molecule has 0 fully saturated rings. The fourth-order valence-corrected chi connectivity index (χ4v) is 6.36. The molecule has 0 radical (unpaired) electrons. The molecule has 184 valence electrons. The smallest absolute Gasteiger partial charge is 0.230 e. The molecule has 1 N–H and O–H groups in total. The number of benzene rings is 3. The maximum atomic E-state index is 12.7. The van der Waals surface area contributed by atoms with Crippen molar-refractivity contribution in [2.75, 3.05) is 12.9 Å². The van der Waals surface area contributed by atoms with E-state index in [0.717, 1.165) is 38.4 Å². The Morgan fingerprint density at radius 3 is 2.68 bits per heavy atom. The first-order valence-corrected chi connectivity index (χ1v) is 13.7. The van der Waals surface area contributed by atoms with Crippen LogP contribution in [-0.2, 0) is 11.3 Å². The second kappa shape index (κ2) is 9.97. The molecule has 0 saturated carbocycles. The van der Waals surface area contributed by atoms with Crippen molar-refractivity contribution in [3.8, 4) is 11.4 Å². The van der Waals surface area contributed by atoms with Gasteiger partial charge < -0.3 is 10.1 Å². The average Bonchev–Trinajstić information content (AvgIpc) is 3.48. The number of thioether (sulfide) groups is 1. The van der Waals surface area contributed by atoms with Crippen LogP contribution in [0.1, 0.15) is 5.56 Å². The molecule has 0 bridgehead atoms. The van der Waals surface area contributed by atoms with Crippen molar-refractivity contribution >= 4 is 68.3 Å². The minimum absolute atomic E-state index is 0.0664. The minimum atomic E-state index is -0.0664. The summed E-state index contributed by atoms with van der Waals surface area (Å²) in [7, 11) is 1.64. The van der Waals surface area contributed by atoms with E-state index in [9.17, 15) is 4.79 Å². The number of thiazole rings is 1. The summed E-state index contributed by atoms with van der Waals surface area (Å²) < 4.78 is 10.9. The Morgan fingerprint density at radius 1 is 1.03 bits per heavy atom. The Labute approximate surface area is 225 Å². The first-order chi connectivity index (χ1) is 18.1. The number of aromatic nitrogens is 4. The lowest BCUT2D eigenvalue weighted by molar-refractivity contribution is -0.118. The first kappa shape index (κ1) is 23.7. The van der Waals surface area contributed by atoms with Crippen molar-refractivity contribution in [3.05, 3.63) is 88.4 Å². The normalized spacial score (nSPS) is 11.4. The van der Waals surface area contributed by atoms with Crippen LogP contribution < -0.4 is 10.1 Å². The van der Waals surface area contributed by atoms with Gasteiger partial charge in [-0.3, -0.25) is 13.8 Å². The molecular weight excluding hydrogens is 523 g/mol. The van der Waals surface area contributed by atoms with Gasteiger partial charge in [0.05, 0.1) is 29.6 Å². The van der Waals surface area contributed by atoms with Crippen LogP contribution >= 0.6 is 35.3 Å². The molecule has 0 saturated heterocycles. The van der Waals surface area contributed by atoms with Gasteiger partial charge in [-0.05, 0) is 42.0 Å². The van der Waals surface area contributed by atoms with E-state index in [4.69, 9.17) is 26.9 Å². The number of fused-ring (bicyclic) bond motifs is 5. The molecular formula is C27H21N5O2S3. The molecule has 3 aromatic heterocycles. The number of para-hydroxylation sites is 2. The number of carbonyl (C=O) groups is 1. The van der Waals surface area contributed by atoms with Crippen LogP contribution in [0.2, 0.25) is 0 Å². The third-order valence-corrected chi connectivity index (χ3v) is 8.22. The molecule has 10 heteroatoms. The monoisotopic (exact) mass is 543 g/mol. The van der Waals surface area contributed by atoms with Crippen LogP contribution in [0.3, 0.4) is 0 Å². The Hall–Kier alpha value is -3.73. The van der Waals surface area contributed by atoms with Crippen molar-refractivity contribution in [2.24, 2.45) is 0 Å². The number of nitrogens with one attached hydrogen (secondary N) is 1. The zero-order valence-corrected chi connectivity index (χ0v) is 22.2. The third kappa shape index (κ3) is 4.48. The van der Waals surface area contributed by atoms with Crippen LogP contribution in [0.15, 0.2) is 84.0 Å². The molecule has 0 aliphatic rings. The van der Waals surface area contributed by atoms with Crippen molar-refractivity contribution < 1.29 is 9.53 Å². The fraction of sp³-hybridized carbons (Fsp3) is 0.111. The van der Waals surface area contributed by atoms with Crippen LogP contribution in [0, 0.1) is 3.95 Å². The lowest BCUT2D eigenvalue weighted by Gasteiger charge is -2.10. The highest BCUT2D eigenvalue weighted by atomic mass is 32.2. The Bertz CT molecular complexity index is 1820. The lowest BCUT2D eigenvalue weighted by Crippen LogP contribution is -2.24. The first-order valence-electron chi connectivity index (χ1n) is 11.5. The second-order valence-corrected chi connectivity index (χ2v) is 10.8. The number of rotatable bonds is 7. The highest BCUT2D eigenvalue weighted by molar-refractivity contribution is 7.99. The predicted octanol–water partition coefficient (Wildman–Crippen LogP) is 6.03. The van der Waals surface area contributed by atoms with Gasteiger partial charge in [-0.2, -0.15) is 0 Å². The van der Waals surface area contributed by atoms with Crippen molar-refractivity contribution in [1.82, 2.24) is 24.3 Å². The number of hydrogen-bond donors (Lipinski definition) is 1. The standard InChI is InChI=1S/C27H21N5O2S3/c1-34-19-11-7-10-18(14-19)31-25-23(37-27(31)35)24-29-20-12-5-6-13-21(20)32(24)26(30-25)36-16-22(33)28-15-17-8-3-2-4-9-17/h2-14H,15-16H2,1H3,(H,28,33). The van der Waals surface area contributed by atoms with Gasteiger partial charge >= 0.3 is 0 Å². The number of hydrogen-bond acceptors (Lipinski definition) is 7. The summed E-state index contributed by atoms with van der Waals surface area (Å²) in [5.41, 5.74) is 5.19. The van der Waals surface area contributed by atoms with Gasteiger partial charge in [0.15, 0.2) is 20.4 Å². The number of nitrogens with zero attached hydrogens (tertiary/aromatic N) is 4. The zero-order chi connectivity index (χ0) is 25.4. The Morgan fingerprint density at radius 2 is 1.84 bits per heavy atom. The van der Waals surface area contributed by atoms with Gasteiger partial charge in [-0.15, -0.1) is 0 Å². The summed E-state index contributed by atoms with van der Waals surface area (Å²) in [5, 5.41) is 3.67. The van der Waals surface area contributed by atoms with E-state index in [2.05, 4.69) is 5.32 Å². The molecule has 0 spiro atoms. The average molecular weight is 544 g/mol. The topological polar surface area (TPSA) is 73.5 Å². The summed E-state index contributed by atoms with van der Waals surface area (Å²) in [6, 6.07) is 25.5. The molecule has 3 heterocycles. The number of amides is 1. The molecule has 0 atom stereocenters. The van der Waals surface area contributed by atoms with Crippen LogP contribution in [-0.4, -0.2) is 37.7 Å². The van der Waals surface area contributed by atoms with Crippen molar-refractivity contribution in [3.63, 3.8) is 0 Å².